The smallest absolute Gasteiger partial charge is 0.171 e. The normalized spacial score (nSPS) is 12.8. The molecule has 0 saturated carbocycles. The lowest BCUT2D eigenvalue weighted by atomic mass is 9.99. The Morgan fingerprint density at radius 1 is 1.38 bits per heavy atom. The molecule has 0 fully saturated rings. The largest absolute Gasteiger partial charge is 0.178 e. The van der Waals surface area contributed by atoms with Crippen LogP contribution in [0.2, 0.25) is 5.04 Å². The second kappa shape index (κ2) is 2.88. The van der Waals surface area contributed by atoms with Gasteiger partial charge in [0.25, 0.3) is 0 Å². The van der Waals surface area contributed by atoms with Gasteiger partial charge in [0.2, 0.25) is 0 Å². The molecule has 0 saturated heterocycles. The van der Waals surface area contributed by atoms with Crippen LogP contribution in [-0.2, 0) is 0 Å². The third-order valence-corrected chi connectivity index (χ3v) is 4.21. The summed E-state index contributed by atoms with van der Waals surface area (Å²) >= 11 is 5.72. The van der Waals surface area contributed by atoms with Crippen LogP contribution in [-0.4, -0.2) is 8.83 Å². The minimum atomic E-state index is 0.335. The minimum absolute atomic E-state index is 0.335. The molecule has 0 aliphatic carbocycles. The molecule has 0 rings (SSSR count). The molecule has 0 spiro atoms. The lowest BCUT2D eigenvalue weighted by molar-refractivity contribution is 0.478. The molecule has 2 heteroatoms. The maximum atomic E-state index is 5.72. The first-order chi connectivity index (χ1) is 3.50. The van der Waals surface area contributed by atoms with Gasteiger partial charge < -0.3 is 0 Å². The van der Waals surface area contributed by atoms with Gasteiger partial charge in [-0.25, -0.2) is 0 Å². The maximum absolute atomic E-state index is 5.72. The lowest BCUT2D eigenvalue weighted by Crippen LogP contribution is -2.15. The molecule has 0 unspecified atom stereocenters. The molecule has 0 atom stereocenters. The molecule has 2 radical (unpaired) electrons. The molecule has 0 bridgehead atoms. The fraction of sp³-hybridized carbons (Fsp3) is 1.00. The van der Waals surface area contributed by atoms with E-state index in [-0.39, 0.29) is 0 Å². The zero-order chi connectivity index (χ0) is 6.78. The van der Waals surface area contributed by atoms with Gasteiger partial charge in [0.15, 0.2) is 8.83 Å². The van der Waals surface area contributed by atoms with E-state index in [9.17, 15) is 0 Å². The van der Waals surface area contributed by atoms with Crippen molar-refractivity contribution in [2.24, 2.45) is 5.92 Å². The Bertz CT molecular complexity index is 68.9. The highest BCUT2D eigenvalue weighted by Gasteiger charge is 2.21. The van der Waals surface area contributed by atoms with Crippen LogP contribution in [0.1, 0.15) is 27.7 Å². The first kappa shape index (κ1) is 8.51. The zero-order valence-electron chi connectivity index (χ0n) is 5.96. The van der Waals surface area contributed by atoms with E-state index in [1.54, 1.807) is 0 Å². The van der Waals surface area contributed by atoms with Crippen LogP contribution < -0.4 is 0 Å². The predicted molar refractivity (Wildman–Crippen MR) is 40.5 cm³/mol. The van der Waals surface area contributed by atoms with Crippen molar-refractivity contribution in [2.45, 2.75) is 32.7 Å². The van der Waals surface area contributed by atoms with Crippen molar-refractivity contribution in [1.29, 1.82) is 0 Å². The van der Waals surface area contributed by atoms with Crippen LogP contribution >= 0.6 is 11.1 Å². The fourth-order valence-electron chi connectivity index (χ4n) is 0.109. The molecule has 48 valence electrons. The monoisotopic (exact) mass is 148 g/mol. The quantitative estimate of drug-likeness (QED) is 0.417. The first-order valence-electron chi connectivity index (χ1n) is 2.88. The average molecular weight is 149 g/mol. The molecule has 0 aromatic carbocycles. The number of halogens is 1. The summed E-state index contributed by atoms with van der Waals surface area (Å²) in [6, 6.07) is 0. The van der Waals surface area contributed by atoms with E-state index in [0.717, 1.165) is 0 Å². The summed E-state index contributed by atoms with van der Waals surface area (Å²) in [5.74, 6) is 0.693. The summed E-state index contributed by atoms with van der Waals surface area (Å²) in [5, 5.41) is 0.335. The van der Waals surface area contributed by atoms with Gasteiger partial charge in [-0.3, -0.25) is 0 Å². The summed E-state index contributed by atoms with van der Waals surface area (Å²) in [4.78, 5) is 0. The predicted octanol–water partition coefficient (Wildman–Crippen LogP) is 2.70. The molecule has 0 nitrogen and oxygen atoms in total. The van der Waals surface area contributed by atoms with Crippen molar-refractivity contribution in [3.63, 3.8) is 0 Å². The Balaban J connectivity index is 3.71. The fourth-order valence-corrected chi connectivity index (χ4v) is 0.982. The highest BCUT2D eigenvalue weighted by Crippen LogP contribution is 2.33. The highest BCUT2D eigenvalue weighted by atomic mass is 35.6. The van der Waals surface area contributed by atoms with Crippen LogP contribution in [0.5, 0.6) is 0 Å². The molecule has 0 aromatic heterocycles. The maximum Gasteiger partial charge on any atom is 0.178 e. The summed E-state index contributed by atoms with van der Waals surface area (Å²) in [6.45, 7) is 8.80. The number of hydrogen-bond donors (Lipinski definition) is 0. The Morgan fingerprint density at radius 3 is 1.75 bits per heavy atom. The highest BCUT2D eigenvalue weighted by molar-refractivity contribution is 6.95. The summed E-state index contributed by atoms with van der Waals surface area (Å²) in [6.07, 6.45) is 0. The Labute approximate surface area is 59.1 Å². The molecular weight excluding hydrogens is 136 g/mol. The third-order valence-electron chi connectivity index (χ3n) is 1.69. The van der Waals surface area contributed by atoms with Crippen LogP contribution in [0, 0.1) is 5.92 Å². The van der Waals surface area contributed by atoms with Gasteiger partial charge in [-0.1, -0.05) is 27.7 Å². The van der Waals surface area contributed by atoms with Crippen molar-refractivity contribution in [3.05, 3.63) is 0 Å². The van der Waals surface area contributed by atoms with E-state index in [1.807, 2.05) is 0 Å². The average Bonchev–Trinajstić information content (AvgIpc) is 1.67. The van der Waals surface area contributed by atoms with Crippen molar-refractivity contribution in [2.75, 3.05) is 0 Å². The van der Waals surface area contributed by atoms with Crippen molar-refractivity contribution >= 4 is 19.9 Å². The summed E-state index contributed by atoms with van der Waals surface area (Å²) in [7, 11) is 0.537. The van der Waals surface area contributed by atoms with E-state index in [2.05, 4.69) is 27.7 Å². The van der Waals surface area contributed by atoms with Gasteiger partial charge >= 0.3 is 0 Å². The summed E-state index contributed by atoms with van der Waals surface area (Å²) < 4.78 is 0. The second-order valence-corrected chi connectivity index (χ2v) is 5.02. The zero-order valence-corrected chi connectivity index (χ0v) is 7.71. The molecule has 0 heterocycles. The van der Waals surface area contributed by atoms with E-state index in [4.69, 9.17) is 11.1 Å². The van der Waals surface area contributed by atoms with E-state index < -0.39 is 0 Å². The number of hydrogen-bond acceptors (Lipinski definition) is 0. The van der Waals surface area contributed by atoms with Gasteiger partial charge in [0.1, 0.15) is 0 Å². The van der Waals surface area contributed by atoms with Crippen LogP contribution in [0.4, 0.5) is 0 Å². The van der Waals surface area contributed by atoms with Gasteiger partial charge in [0, 0.05) is 0 Å². The molecule has 0 N–H and O–H groups in total. The molecule has 8 heavy (non-hydrogen) atoms. The van der Waals surface area contributed by atoms with Gasteiger partial charge in [0.05, 0.1) is 0 Å². The molecule has 0 amide bonds. The van der Waals surface area contributed by atoms with Crippen molar-refractivity contribution < 1.29 is 0 Å². The van der Waals surface area contributed by atoms with Crippen LogP contribution in [0.3, 0.4) is 0 Å². The lowest BCUT2D eigenvalue weighted by Gasteiger charge is -2.24. The van der Waals surface area contributed by atoms with E-state index in [0.29, 0.717) is 19.8 Å². The minimum Gasteiger partial charge on any atom is -0.171 e. The van der Waals surface area contributed by atoms with Gasteiger partial charge in [-0.2, -0.15) is 11.1 Å². The number of rotatable bonds is 2. The van der Waals surface area contributed by atoms with E-state index in [1.165, 1.54) is 0 Å². The Hall–Kier alpha value is 0.507. The van der Waals surface area contributed by atoms with Crippen molar-refractivity contribution in [3.8, 4) is 0 Å². The first-order valence-corrected chi connectivity index (χ1v) is 4.89. The van der Waals surface area contributed by atoms with Crippen LogP contribution in [0.25, 0.3) is 0 Å². The van der Waals surface area contributed by atoms with Gasteiger partial charge in [-0.05, 0) is 11.0 Å². The standard InChI is InChI=1S/C6H13ClSi/c1-5(2)6(3,4)8-7/h5H,1-4H3. The van der Waals surface area contributed by atoms with Gasteiger partial charge in [-0.15, -0.1) is 0 Å². The molecule has 0 aliphatic heterocycles. The molecule has 0 aliphatic rings. The summed E-state index contributed by atoms with van der Waals surface area (Å²) in [5.41, 5.74) is 0. The van der Waals surface area contributed by atoms with E-state index >= 15 is 0 Å². The SMILES string of the molecule is CC(C)C(C)(C)[Si]Cl. The Morgan fingerprint density at radius 2 is 1.75 bits per heavy atom. The second-order valence-electron chi connectivity index (χ2n) is 2.97. The molecular formula is C6H13ClSi. The Kier molecular flexibility index (Phi) is 3.06. The molecule has 0 aromatic rings. The van der Waals surface area contributed by atoms with Crippen molar-refractivity contribution in [1.82, 2.24) is 0 Å². The topological polar surface area (TPSA) is 0 Å². The van der Waals surface area contributed by atoms with Crippen LogP contribution in [0.15, 0.2) is 0 Å². The third kappa shape index (κ3) is 2.18.